The van der Waals surface area contributed by atoms with Gasteiger partial charge in [0.15, 0.2) is 0 Å². The van der Waals surface area contributed by atoms with Gasteiger partial charge >= 0.3 is 0 Å². The quantitative estimate of drug-likeness (QED) is 0.567. The Hall–Kier alpha value is -2.27. The van der Waals surface area contributed by atoms with Gasteiger partial charge in [-0.15, -0.1) is 0 Å². The molecule has 1 N–H and O–H groups in total. The Kier molecular flexibility index (Phi) is 3.20. The average molecular weight is 284 g/mol. The van der Waals surface area contributed by atoms with E-state index in [-0.39, 0.29) is 10.6 Å². The van der Waals surface area contributed by atoms with Gasteiger partial charge in [-0.05, 0) is 25.1 Å². The molecule has 1 aromatic heterocycles. The number of aryl methyl sites for hydroxylation is 1. The van der Waals surface area contributed by atoms with Crippen molar-refractivity contribution in [1.82, 2.24) is 4.98 Å². The van der Waals surface area contributed by atoms with Gasteiger partial charge in [0.1, 0.15) is 0 Å². The Morgan fingerprint density at radius 1 is 1.15 bits per heavy atom. The number of H-pyrrole nitrogens is 1. The summed E-state index contributed by atoms with van der Waals surface area (Å²) >= 11 is 1.62. The molecule has 0 unspecified atom stereocenters. The molecule has 0 saturated heterocycles. The number of nitrogens with one attached hydrogen (secondary N) is 1. The monoisotopic (exact) mass is 284 g/mol. The van der Waals surface area contributed by atoms with Crippen molar-refractivity contribution in [3.63, 3.8) is 0 Å². The molecule has 100 valence electrons. The molecule has 3 rings (SSSR count). The third-order valence-corrected chi connectivity index (χ3v) is 4.32. The first kappa shape index (κ1) is 12.7. The van der Waals surface area contributed by atoms with Crippen LogP contribution < -0.4 is 0 Å². The number of aromatic amines is 1. The van der Waals surface area contributed by atoms with Crippen molar-refractivity contribution in [2.75, 3.05) is 0 Å². The van der Waals surface area contributed by atoms with Gasteiger partial charge < -0.3 is 4.98 Å². The van der Waals surface area contributed by atoms with Crippen molar-refractivity contribution in [2.24, 2.45) is 0 Å². The molecule has 0 amide bonds. The van der Waals surface area contributed by atoms with Gasteiger partial charge in [0.25, 0.3) is 5.69 Å². The summed E-state index contributed by atoms with van der Waals surface area (Å²) in [5.41, 5.74) is 2.06. The van der Waals surface area contributed by atoms with Gasteiger partial charge in [0.05, 0.1) is 4.92 Å². The smallest absolute Gasteiger partial charge is 0.270 e. The Morgan fingerprint density at radius 2 is 1.90 bits per heavy atom. The van der Waals surface area contributed by atoms with Crippen LogP contribution in [0.2, 0.25) is 0 Å². The lowest BCUT2D eigenvalue weighted by Crippen LogP contribution is -1.86. The van der Waals surface area contributed by atoms with Crippen LogP contribution in [-0.4, -0.2) is 9.91 Å². The molecule has 3 aromatic rings. The maximum atomic E-state index is 10.9. The van der Waals surface area contributed by atoms with Crippen LogP contribution in [0.3, 0.4) is 0 Å². The minimum Gasteiger partial charge on any atom is -0.358 e. The molecule has 0 aliphatic rings. The third kappa shape index (κ3) is 2.28. The number of aromatic nitrogens is 1. The molecule has 0 spiro atoms. The zero-order chi connectivity index (χ0) is 14.1. The fourth-order valence-electron chi connectivity index (χ4n) is 2.14. The third-order valence-electron chi connectivity index (χ3n) is 3.08. The number of hydrogen-bond acceptors (Lipinski definition) is 3. The zero-order valence-electron chi connectivity index (χ0n) is 10.8. The SMILES string of the molecule is Cc1[nH]c2ccc([N+](=O)[O-])cc2c1Sc1ccccc1. The zero-order valence-corrected chi connectivity index (χ0v) is 11.6. The number of benzene rings is 2. The molecule has 20 heavy (non-hydrogen) atoms. The number of hydrogen-bond donors (Lipinski definition) is 1. The molecule has 4 nitrogen and oxygen atoms in total. The molecule has 0 aliphatic heterocycles. The minimum absolute atomic E-state index is 0.117. The van der Waals surface area contributed by atoms with E-state index in [1.165, 1.54) is 6.07 Å². The van der Waals surface area contributed by atoms with Crippen LogP contribution in [0.25, 0.3) is 10.9 Å². The Morgan fingerprint density at radius 3 is 2.60 bits per heavy atom. The molecule has 0 fully saturated rings. The van der Waals surface area contributed by atoms with Gasteiger partial charge in [-0.2, -0.15) is 0 Å². The Labute approximate surface area is 120 Å². The molecule has 0 saturated carbocycles. The van der Waals surface area contributed by atoms with E-state index in [9.17, 15) is 10.1 Å². The highest BCUT2D eigenvalue weighted by atomic mass is 32.2. The van der Waals surface area contributed by atoms with E-state index >= 15 is 0 Å². The summed E-state index contributed by atoms with van der Waals surface area (Å²) in [7, 11) is 0. The summed E-state index contributed by atoms with van der Waals surface area (Å²) in [5.74, 6) is 0. The van der Waals surface area contributed by atoms with Crippen LogP contribution in [0.15, 0.2) is 58.3 Å². The highest BCUT2D eigenvalue weighted by molar-refractivity contribution is 7.99. The predicted molar refractivity (Wildman–Crippen MR) is 80.3 cm³/mol. The first-order valence-corrected chi connectivity index (χ1v) is 6.96. The predicted octanol–water partition coefficient (Wildman–Crippen LogP) is 4.54. The molecule has 0 atom stereocenters. The number of nitro groups is 1. The molecular weight excluding hydrogens is 272 g/mol. The molecule has 1 heterocycles. The molecule has 5 heteroatoms. The van der Waals surface area contributed by atoms with Crippen molar-refractivity contribution in [3.05, 3.63) is 64.3 Å². The van der Waals surface area contributed by atoms with Crippen molar-refractivity contribution in [2.45, 2.75) is 16.7 Å². The van der Waals surface area contributed by atoms with E-state index in [0.717, 1.165) is 26.4 Å². The van der Waals surface area contributed by atoms with E-state index in [0.29, 0.717) is 0 Å². The van der Waals surface area contributed by atoms with Crippen LogP contribution in [0.1, 0.15) is 5.69 Å². The second-order valence-electron chi connectivity index (χ2n) is 4.48. The van der Waals surface area contributed by atoms with Crippen molar-refractivity contribution >= 4 is 28.4 Å². The van der Waals surface area contributed by atoms with Crippen molar-refractivity contribution in [1.29, 1.82) is 0 Å². The first-order valence-electron chi connectivity index (χ1n) is 6.15. The number of nitrogens with zero attached hydrogens (tertiary/aromatic N) is 1. The summed E-state index contributed by atoms with van der Waals surface area (Å²) in [6, 6.07) is 14.9. The van der Waals surface area contributed by atoms with Crippen molar-refractivity contribution < 1.29 is 4.92 Å². The molecular formula is C15H12N2O2S. The van der Waals surface area contributed by atoms with Gasteiger partial charge in [0.2, 0.25) is 0 Å². The normalized spacial score (nSPS) is 10.8. The van der Waals surface area contributed by atoms with Gasteiger partial charge in [-0.3, -0.25) is 10.1 Å². The van der Waals surface area contributed by atoms with Crippen molar-refractivity contribution in [3.8, 4) is 0 Å². The highest BCUT2D eigenvalue weighted by Crippen LogP contribution is 2.37. The lowest BCUT2D eigenvalue weighted by atomic mass is 10.2. The minimum atomic E-state index is -0.362. The van der Waals surface area contributed by atoms with E-state index in [1.807, 2.05) is 37.3 Å². The Balaban J connectivity index is 2.11. The van der Waals surface area contributed by atoms with Crippen LogP contribution in [0.4, 0.5) is 5.69 Å². The molecule has 0 radical (unpaired) electrons. The van der Waals surface area contributed by atoms with Gasteiger partial charge in [0, 0.05) is 38.5 Å². The highest BCUT2D eigenvalue weighted by Gasteiger charge is 2.14. The average Bonchev–Trinajstić information content (AvgIpc) is 2.75. The fraction of sp³-hybridized carbons (Fsp3) is 0.0667. The number of fused-ring (bicyclic) bond motifs is 1. The molecule has 0 bridgehead atoms. The largest absolute Gasteiger partial charge is 0.358 e. The summed E-state index contributed by atoms with van der Waals surface area (Å²) in [6.45, 7) is 1.98. The number of rotatable bonds is 3. The first-order chi connectivity index (χ1) is 9.65. The standard InChI is InChI=1S/C15H12N2O2S/c1-10-15(20-12-5-3-2-4-6-12)13-9-11(17(18)19)7-8-14(13)16-10/h2-9,16H,1H3. The molecule has 0 aliphatic carbocycles. The number of non-ortho nitro benzene ring substituents is 1. The maximum absolute atomic E-state index is 10.9. The maximum Gasteiger partial charge on any atom is 0.270 e. The summed E-state index contributed by atoms with van der Waals surface area (Å²) in [6.07, 6.45) is 0. The summed E-state index contributed by atoms with van der Waals surface area (Å²) in [5, 5.41) is 11.8. The fourth-order valence-corrected chi connectivity index (χ4v) is 3.15. The van der Waals surface area contributed by atoms with Gasteiger partial charge in [-0.1, -0.05) is 30.0 Å². The lowest BCUT2D eigenvalue weighted by Gasteiger charge is -2.01. The van der Waals surface area contributed by atoms with E-state index in [4.69, 9.17) is 0 Å². The summed E-state index contributed by atoms with van der Waals surface area (Å²) < 4.78 is 0. The van der Waals surface area contributed by atoms with E-state index in [1.54, 1.807) is 23.9 Å². The van der Waals surface area contributed by atoms with E-state index in [2.05, 4.69) is 4.98 Å². The van der Waals surface area contributed by atoms with Gasteiger partial charge in [-0.25, -0.2) is 0 Å². The Bertz CT molecular complexity index is 781. The lowest BCUT2D eigenvalue weighted by molar-refractivity contribution is -0.384. The van der Waals surface area contributed by atoms with Crippen LogP contribution in [0, 0.1) is 17.0 Å². The second-order valence-corrected chi connectivity index (χ2v) is 5.57. The van der Waals surface area contributed by atoms with E-state index < -0.39 is 0 Å². The summed E-state index contributed by atoms with van der Waals surface area (Å²) in [4.78, 5) is 16.0. The van der Waals surface area contributed by atoms with Crippen LogP contribution in [0.5, 0.6) is 0 Å². The number of nitro benzene ring substituents is 1. The molecule has 2 aromatic carbocycles. The van der Waals surface area contributed by atoms with Crippen LogP contribution >= 0.6 is 11.8 Å². The van der Waals surface area contributed by atoms with Crippen LogP contribution in [-0.2, 0) is 0 Å². The topological polar surface area (TPSA) is 58.9 Å². The second kappa shape index (κ2) is 5.02.